The molecule has 0 saturated carbocycles. The van der Waals surface area contributed by atoms with Crippen molar-refractivity contribution in [3.63, 3.8) is 0 Å². The van der Waals surface area contributed by atoms with Crippen LogP contribution in [-0.2, 0) is 16.1 Å². The van der Waals surface area contributed by atoms with Gasteiger partial charge >= 0.3 is 5.97 Å². The zero-order valence-electron chi connectivity index (χ0n) is 13.6. The van der Waals surface area contributed by atoms with Gasteiger partial charge in [-0.15, -0.1) is 17.9 Å². The van der Waals surface area contributed by atoms with Gasteiger partial charge in [0.15, 0.2) is 5.16 Å². The summed E-state index contributed by atoms with van der Waals surface area (Å²) < 4.78 is 6.19. The van der Waals surface area contributed by atoms with Gasteiger partial charge in [0.05, 0.1) is 18.2 Å². The number of thioether (sulfide) groups is 1. The minimum Gasteiger partial charge on any atom is -0.468 e. The van der Waals surface area contributed by atoms with Crippen molar-refractivity contribution in [3.8, 4) is 10.4 Å². The maximum absolute atomic E-state index is 12.9. The fourth-order valence-electron chi connectivity index (χ4n) is 2.32. The van der Waals surface area contributed by atoms with Gasteiger partial charge in [-0.05, 0) is 11.6 Å². The molecule has 7 heteroatoms. The fraction of sp³-hybridized carbons (Fsp3) is 0.167. The number of rotatable bonds is 6. The Kier molecular flexibility index (Phi) is 5.35. The number of hydrogen-bond donors (Lipinski definition) is 0. The molecule has 0 unspecified atom stereocenters. The zero-order chi connectivity index (χ0) is 17.8. The Hall–Kier alpha value is -2.38. The largest absolute Gasteiger partial charge is 0.468 e. The highest BCUT2D eigenvalue weighted by atomic mass is 32.2. The Bertz CT molecular complexity index is 977. The molecule has 0 bridgehead atoms. The second-order valence-corrected chi connectivity index (χ2v) is 7.13. The van der Waals surface area contributed by atoms with E-state index in [-0.39, 0.29) is 17.3 Å². The Balaban J connectivity index is 2.09. The third-order valence-electron chi connectivity index (χ3n) is 3.53. The molecule has 0 amide bonds. The number of carbonyl (C=O) groups is 1. The van der Waals surface area contributed by atoms with Crippen LogP contribution in [0.3, 0.4) is 0 Å². The molecule has 3 rings (SSSR count). The van der Waals surface area contributed by atoms with E-state index >= 15 is 0 Å². The third-order valence-corrected chi connectivity index (χ3v) is 5.56. The average Bonchev–Trinajstić information content (AvgIpc) is 3.07. The number of methoxy groups -OCH3 is 1. The van der Waals surface area contributed by atoms with Crippen molar-refractivity contribution in [1.82, 2.24) is 9.55 Å². The summed E-state index contributed by atoms with van der Waals surface area (Å²) >= 11 is 2.66. The molecule has 1 aromatic carbocycles. The molecule has 0 saturated heterocycles. The average molecular weight is 372 g/mol. The summed E-state index contributed by atoms with van der Waals surface area (Å²) in [5.74, 6) is -0.261. The number of carbonyl (C=O) groups excluding carboxylic acids is 1. The van der Waals surface area contributed by atoms with Crippen molar-refractivity contribution in [3.05, 3.63) is 59.4 Å². The fourth-order valence-corrected chi connectivity index (χ4v) is 4.24. The van der Waals surface area contributed by atoms with Crippen LogP contribution in [0.15, 0.2) is 59.0 Å². The number of hydrogen-bond acceptors (Lipinski definition) is 6. The summed E-state index contributed by atoms with van der Waals surface area (Å²) in [5.41, 5.74) is 0.916. The molecule has 25 heavy (non-hydrogen) atoms. The lowest BCUT2D eigenvalue weighted by atomic mass is 10.2. The van der Waals surface area contributed by atoms with Crippen LogP contribution in [0, 0.1) is 0 Å². The minimum absolute atomic E-state index is 0.0997. The normalized spacial score (nSPS) is 10.8. The van der Waals surface area contributed by atoms with Crippen LogP contribution in [0.1, 0.15) is 0 Å². The zero-order valence-corrected chi connectivity index (χ0v) is 15.2. The molecular formula is C18H16N2O3S2. The predicted octanol–water partition coefficient (Wildman–Crippen LogP) is 3.58. The molecule has 2 heterocycles. The Morgan fingerprint density at radius 2 is 2.16 bits per heavy atom. The summed E-state index contributed by atoms with van der Waals surface area (Å²) in [4.78, 5) is 30.5. The number of aromatic nitrogens is 2. The van der Waals surface area contributed by atoms with Crippen LogP contribution in [0.25, 0.3) is 20.7 Å². The number of benzene rings is 1. The summed E-state index contributed by atoms with van der Waals surface area (Å²) in [6.45, 7) is 4.03. The maximum atomic E-state index is 12.9. The standard InChI is InChI=1S/C18H16N2O3S2/c1-3-9-20-17(22)13-10-14(12-7-5-4-6-8-12)25-16(13)19-18(20)24-11-15(21)23-2/h3-8,10H,1,9,11H2,2H3. The molecule has 0 radical (unpaired) electrons. The molecule has 2 aromatic heterocycles. The molecule has 0 fully saturated rings. The maximum Gasteiger partial charge on any atom is 0.316 e. The molecular weight excluding hydrogens is 356 g/mol. The SMILES string of the molecule is C=CCn1c(SCC(=O)OC)nc2sc(-c3ccccc3)cc2c1=O. The van der Waals surface area contributed by atoms with Gasteiger partial charge < -0.3 is 4.74 Å². The number of allylic oxidation sites excluding steroid dienone is 1. The van der Waals surface area contributed by atoms with Crippen LogP contribution in [0.5, 0.6) is 0 Å². The smallest absolute Gasteiger partial charge is 0.316 e. The van der Waals surface area contributed by atoms with Crippen LogP contribution in [-0.4, -0.2) is 28.4 Å². The van der Waals surface area contributed by atoms with Gasteiger partial charge in [0.25, 0.3) is 5.56 Å². The first-order valence-corrected chi connectivity index (χ1v) is 9.34. The molecule has 128 valence electrons. The van der Waals surface area contributed by atoms with E-state index in [0.29, 0.717) is 21.9 Å². The van der Waals surface area contributed by atoms with E-state index in [2.05, 4.69) is 16.3 Å². The van der Waals surface area contributed by atoms with E-state index in [1.807, 2.05) is 36.4 Å². The number of esters is 1. The van der Waals surface area contributed by atoms with Crippen LogP contribution in [0.4, 0.5) is 0 Å². The van der Waals surface area contributed by atoms with E-state index < -0.39 is 0 Å². The second kappa shape index (κ2) is 7.67. The lowest BCUT2D eigenvalue weighted by Gasteiger charge is -2.09. The van der Waals surface area contributed by atoms with Gasteiger partial charge in [-0.3, -0.25) is 14.2 Å². The molecule has 0 N–H and O–H groups in total. The molecule has 0 aliphatic carbocycles. The molecule has 0 atom stereocenters. The first-order valence-electron chi connectivity index (χ1n) is 7.54. The first-order chi connectivity index (χ1) is 12.1. The van der Waals surface area contributed by atoms with Crippen LogP contribution in [0.2, 0.25) is 0 Å². The van der Waals surface area contributed by atoms with E-state index in [1.54, 1.807) is 6.08 Å². The Morgan fingerprint density at radius 3 is 2.84 bits per heavy atom. The number of fused-ring (bicyclic) bond motifs is 1. The van der Waals surface area contributed by atoms with Crippen molar-refractivity contribution in [2.45, 2.75) is 11.7 Å². The predicted molar refractivity (Wildman–Crippen MR) is 102 cm³/mol. The highest BCUT2D eigenvalue weighted by molar-refractivity contribution is 7.99. The van der Waals surface area contributed by atoms with E-state index in [4.69, 9.17) is 0 Å². The van der Waals surface area contributed by atoms with Gasteiger partial charge in [0.2, 0.25) is 0 Å². The van der Waals surface area contributed by atoms with Crippen molar-refractivity contribution in [1.29, 1.82) is 0 Å². The number of nitrogens with zero attached hydrogens (tertiary/aromatic N) is 2. The number of thiophene rings is 1. The molecule has 0 aliphatic heterocycles. The van der Waals surface area contributed by atoms with Crippen LogP contribution < -0.4 is 5.56 Å². The quantitative estimate of drug-likeness (QED) is 0.286. The highest BCUT2D eigenvalue weighted by Gasteiger charge is 2.15. The first kappa shape index (κ1) is 17.4. The minimum atomic E-state index is -0.361. The van der Waals surface area contributed by atoms with Gasteiger partial charge in [0.1, 0.15) is 4.83 Å². The third kappa shape index (κ3) is 3.67. The topological polar surface area (TPSA) is 61.2 Å². The second-order valence-electron chi connectivity index (χ2n) is 5.16. The van der Waals surface area contributed by atoms with Crippen molar-refractivity contribution >= 4 is 39.3 Å². The molecule has 0 aliphatic rings. The Morgan fingerprint density at radius 1 is 1.40 bits per heavy atom. The highest BCUT2D eigenvalue weighted by Crippen LogP contribution is 2.32. The Labute approximate surface area is 153 Å². The van der Waals surface area contributed by atoms with Crippen LogP contribution >= 0.6 is 23.1 Å². The van der Waals surface area contributed by atoms with Crippen molar-refractivity contribution < 1.29 is 9.53 Å². The van der Waals surface area contributed by atoms with Crippen molar-refractivity contribution in [2.75, 3.05) is 12.9 Å². The lowest BCUT2D eigenvalue weighted by molar-refractivity contribution is -0.137. The summed E-state index contributed by atoms with van der Waals surface area (Å²) in [7, 11) is 1.34. The van der Waals surface area contributed by atoms with E-state index in [0.717, 1.165) is 10.4 Å². The van der Waals surface area contributed by atoms with Crippen molar-refractivity contribution in [2.24, 2.45) is 0 Å². The van der Waals surface area contributed by atoms with Gasteiger partial charge in [-0.1, -0.05) is 48.2 Å². The van der Waals surface area contributed by atoms with E-state index in [1.165, 1.54) is 34.8 Å². The number of ether oxygens (including phenoxy) is 1. The van der Waals surface area contributed by atoms with Gasteiger partial charge in [0, 0.05) is 11.4 Å². The van der Waals surface area contributed by atoms with Gasteiger partial charge in [-0.25, -0.2) is 4.98 Å². The molecule has 0 spiro atoms. The molecule has 5 nitrogen and oxygen atoms in total. The monoisotopic (exact) mass is 372 g/mol. The lowest BCUT2D eigenvalue weighted by Crippen LogP contribution is -2.22. The van der Waals surface area contributed by atoms with E-state index in [9.17, 15) is 9.59 Å². The summed E-state index contributed by atoms with van der Waals surface area (Å²) in [6.07, 6.45) is 1.64. The van der Waals surface area contributed by atoms with Gasteiger partial charge in [-0.2, -0.15) is 0 Å². The molecule has 3 aromatic rings. The summed E-state index contributed by atoms with van der Waals surface area (Å²) in [5, 5.41) is 1.07. The summed E-state index contributed by atoms with van der Waals surface area (Å²) in [6, 6.07) is 11.7.